The molecule has 138 valence electrons. The lowest BCUT2D eigenvalue weighted by Gasteiger charge is -2.37. The van der Waals surface area contributed by atoms with E-state index in [0.29, 0.717) is 6.61 Å². The molecule has 3 nitrogen and oxygen atoms in total. The van der Waals surface area contributed by atoms with Crippen molar-refractivity contribution >= 4 is 6.09 Å². The molecule has 1 aromatic rings. The fourth-order valence-electron chi connectivity index (χ4n) is 4.40. The van der Waals surface area contributed by atoms with E-state index in [1.54, 1.807) is 0 Å². The van der Waals surface area contributed by atoms with Crippen LogP contribution in [0.25, 0.3) is 0 Å². The van der Waals surface area contributed by atoms with Gasteiger partial charge in [-0.1, -0.05) is 89.0 Å². The summed E-state index contributed by atoms with van der Waals surface area (Å²) in [6.07, 6.45) is 13.9. The number of cyclic esters (lactones) is 1. The molecule has 3 rings (SSSR count). The molecule has 0 saturated carbocycles. The molecule has 2 heterocycles. The summed E-state index contributed by atoms with van der Waals surface area (Å²) < 4.78 is 5.34. The molecule has 2 aliphatic heterocycles. The van der Waals surface area contributed by atoms with Crippen LogP contribution in [0.1, 0.15) is 88.3 Å². The van der Waals surface area contributed by atoms with Crippen LogP contribution in [0.15, 0.2) is 24.3 Å². The highest BCUT2D eigenvalue weighted by molar-refractivity contribution is 5.71. The molecule has 0 spiro atoms. The first-order valence-electron chi connectivity index (χ1n) is 10.3. The van der Waals surface area contributed by atoms with Crippen LogP contribution in [0.3, 0.4) is 0 Å². The molecule has 1 aromatic carbocycles. The maximum Gasteiger partial charge on any atom is 0.410 e. The number of rotatable bonds is 10. The molecule has 3 heteroatoms. The second-order valence-electron chi connectivity index (χ2n) is 7.67. The Hall–Kier alpha value is -1.51. The lowest BCUT2D eigenvalue weighted by Crippen LogP contribution is -2.42. The average molecular weight is 344 g/mol. The Bertz CT molecular complexity index is 557. The first-order chi connectivity index (χ1) is 12.3. The summed E-state index contributed by atoms with van der Waals surface area (Å²) in [4.78, 5) is 14.2. The van der Waals surface area contributed by atoms with Gasteiger partial charge in [-0.2, -0.15) is 0 Å². The number of amides is 1. The van der Waals surface area contributed by atoms with Crippen molar-refractivity contribution < 1.29 is 9.53 Å². The number of carbonyl (C=O) groups excluding carboxylic acids is 1. The molecule has 2 atom stereocenters. The van der Waals surface area contributed by atoms with E-state index in [2.05, 4.69) is 31.2 Å². The van der Waals surface area contributed by atoms with Gasteiger partial charge in [0.25, 0.3) is 0 Å². The summed E-state index contributed by atoms with van der Waals surface area (Å²) in [6.45, 7) is 2.82. The van der Waals surface area contributed by atoms with Gasteiger partial charge in [0.15, 0.2) is 0 Å². The fraction of sp³-hybridized carbons (Fsp3) is 0.682. The zero-order valence-electron chi connectivity index (χ0n) is 15.7. The van der Waals surface area contributed by atoms with Gasteiger partial charge >= 0.3 is 6.09 Å². The summed E-state index contributed by atoms with van der Waals surface area (Å²) >= 11 is 0. The van der Waals surface area contributed by atoms with Gasteiger partial charge in [0.2, 0.25) is 0 Å². The summed E-state index contributed by atoms with van der Waals surface area (Å²) in [5.41, 5.74) is 2.75. The number of hydrogen-bond donors (Lipinski definition) is 0. The molecule has 1 saturated heterocycles. The van der Waals surface area contributed by atoms with Crippen LogP contribution in [0.5, 0.6) is 0 Å². The van der Waals surface area contributed by atoms with E-state index in [4.69, 9.17) is 4.74 Å². The second kappa shape index (κ2) is 9.26. The Labute approximate surface area is 152 Å². The number of hydrogen-bond acceptors (Lipinski definition) is 2. The molecule has 25 heavy (non-hydrogen) atoms. The van der Waals surface area contributed by atoms with Crippen molar-refractivity contribution in [2.45, 2.75) is 89.6 Å². The molecule has 0 N–H and O–H groups in total. The van der Waals surface area contributed by atoms with Crippen LogP contribution in [-0.2, 0) is 11.2 Å². The van der Waals surface area contributed by atoms with E-state index in [1.165, 1.54) is 68.9 Å². The Morgan fingerprint density at radius 1 is 1.00 bits per heavy atom. The van der Waals surface area contributed by atoms with Gasteiger partial charge < -0.3 is 4.74 Å². The van der Waals surface area contributed by atoms with Gasteiger partial charge in [0, 0.05) is 0 Å². The van der Waals surface area contributed by atoms with E-state index in [0.717, 1.165) is 12.8 Å². The van der Waals surface area contributed by atoms with Crippen LogP contribution in [-0.4, -0.2) is 23.6 Å². The molecule has 1 fully saturated rings. The van der Waals surface area contributed by atoms with Crippen molar-refractivity contribution in [3.63, 3.8) is 0 Å². The van der Waals surface area contributed by atoms with Crippen LogP contribution >= 0.6 is 0 Å². The minimum Gasteiger partial charge on any atom is -0.447 e. The quantitative estimate of drug-likeness (QED) is 0.486. The molecule has 0 aliphatic carbocycles. The molecule has 0 radical (unpaired) electrons. The highest BCUT2D eigenvalue weighted by Crippen LogP contribution is 2.39. The summed E-state index contributed by atoms with van der Waals surface area (Å²) in [7, 11) is 0. The summed E-state index contributed by atoms with van der Waals surface area (Å²) in [5.74, 6) is 0. The minimum absolute atomic E-state index is 0.111. The zero-order chi connectivity index (χ0) is 17.5. The Kier molecular flexibility index (Phi) is 6.77. The molecular weight excluding hydrogens is 310 g/mol. The summed E-state index contributed by atoms with van der Waals surface area (Å²) in [6, 6.07) is 9.10. The van der Waals surface area contributed by atoms with Gasteiger partial charge in [0.1, 0.15) is 6.61 Å². The lowest BCUT2D eigenvalue weighted by molar-refractivity contribution is 0.137. The fourth-order valence-corrected chi connectivity index (χ4v) is 4.40. The topological polar surface area (TPSA) is 29.5 Å². The number of fused-ring (bicyclic) bond motifs is 2. The first-order valence-corrected chi connectivity index (χ1v) is 10.3. The molecule has 2 unspecified atom stereocenters. The Morgan fingerprint density at radius 3 is 2.44 bits per heavy atom. The van der Waals surface area contributed by atoms with E-state index >= 15 is 0 Å². The van der Waals surface area contributed by atoms with Crippen LogP contribution in [0.4, 0.5) is 4.79 Å². The van der Waals surface area contributed by atoms with Gasteiger partial charge in [-0.3, -0.25) is 4.90 Å². The van der Waals surface area contributed by atoms with E-state index < -0.39 is 0 Å². The molecule has 1 amide bonds. The Balaban J connectivity index is 1.46. The third-order valence-electron chi connectivity index (χ3n) is 5.79. The third kappa shape index (κ3) is 4.56. The summed E-state index contributed by atoms with van der Waals surface area (Å²) in [5, 5.41) is 0. The number of benzene rings is 1. The molecule has 0 bridgehead atoms. The van der Waals surface area contributed by atoms with Gasteiger partial charge in [-0.15, -0.1) is 0 Å². The van der Waals surface area contributed by atoms with Gasteiger partial charge in [0.05, 0.1) is 12.1 Å². The second-order valence-corrected chi connectivity index (χ2v) is 7.67. The number of unbranched alkanes of at least 4 members (excludes halogenated alkanes) is 8. The largest absolute Gasteiger partial charge is 0.447 e. The smallest absolute Gasteiger partial charge is 0.410 e. The maximum atomic E-state index is 12.2. The standard InChI is InChI=1S/C22H33NO2/c1-2-3-4-5-6-7-8-9-10-15-21-20-14-12-11-13-18(20)16-19-17-25-22(24)23(19)21/h11-14,19,21H,2-10,15-17H2,1H3. The van der Waals surface area contributed by atoms with Crippen LogP contribution in [0, 0.1) is 0 Å². The van der Waals surface area contributed by atoms with Crippen molar-refractivity contribution in [1.29, 1.82) is 0 Å². The normalized spacial score (nSPS) is 21.8. The SMILES string of the molecule is CCCCCCCCCCCC1c2ccccc2CC2COC(=O)N21. The van der Waals surface area contributed by atoms with Gasteiger partial charge in [-0.25, -0.2) is 4.79 Å². The number of nitrogens with zero attached hydrogens (tertiary/aromatic N) is 1. The monoisotopic (exact) mass is 343 g/mol. The van der Waals surface area contributed by atoms with Crippen molar-refractivity contribution in [2.24, 2.45) is 0 Å². The van der Waals surface area contributed by atoms with Crippen LogP contribution in [0.2, 0.25) is 0 Å². The zero-order valence-corrected chi connectivity index (χ0v) is 15.7. The predicted octanol–water partition coefficient (Wildman–Crippen LogP) is 6.03. The average Bonchev–Trinajstić information content (AvgIpc) is 3.00. The van der Waals surface area contributed by atoms with Crippen molar-refractivity contribution in [3.05, 3.63) is 35.4 Å². The Morgan fingerprint density at radius 2 is 1.68 bits per heavy atom. The van der Waals surface area contributed by atoms with E-state index in [1.807, 2.05) is 4.90 Å². The lowest BCUT2D eigenvalue weighted by atomic mass is 9.86. The van der Waals surface area contributed by atoms with Crippen LogP contribution < -0.4 is 0 Å². The van der Waals surface area contributed by atoms with E-state index in [9.17, 15) is 4.79 Å². The van der Waals surface area contributed by atoms with Crippen molar-refractivity contribution in [3.8, 4) is 0 Å². The number of ether oxygens (including phenoxy) is 1. The van der Waals surface area contributed by atoms with Crippen molar-refractivity contribution in [1.82, 2.24) is 4.90 Å². The molecule has 2 aliphatic rings. The van der Waals surface area contributed by atoms with Crippen molar-refractivity contribution in [2.75, 3.05) is 6.61 Å². The molecule has 0 aromatic heterocycles. The minimum atomic E-state index is -0.111. The number of carbonyl (C=O) groups is 1. The third-order valence-corrected chi connectivity index (χ3v) is 5.79. The highest BCUT2D eigenvalue weighted by atomic mass is 16.6. The molecular formula is C22H33NO2. The van der Waals surface area contributed by atoms with E-state index in [-0.39, 0.29) is 18.2 Å². The maximum absolute atomic E-state index is 12.2. The van der Waals surface area contributed by atoms with Gasteiger partial charge in [-0.05, 0) is 24.0 Å². The first kappa shape index (κ1) is 18.3. The predicted molar refractivity (Wildman–Crippen MR) is 102 cm³/mol. The highest BCUT2D eigenvalue weighted by Gasteiger charge is 2.42.